The number of oxazole rings is 1. The highest BCUT2D eigenvalue weighted by atomic mass is 19.4. The molecule has 1 aliphatic carbocycles. The number of nitriles is 2. The minimum atomic E-state index is -4.58. The van der Waals surface area contributed by atoms with Crippen LogP contribution in [0.2, 0.25) is 0 Å². The Kier molecular flexibility index (Phi) is 4.38. The van der Waals surface area contributed by atoms with Crippen LogP contribution < -0.4 is 9.80 Å². The van der Waals surface area contributed by atoms with Gasteiger partial charge in [-0.05, 0) is 31.0 Å². The SMILES string of the molecule is N#Cc1ccc(N2CCN(c3oc(C4CC4)nc3C#N)CC2)cc1C(F)(F)F. The summed E-state index contributed by atoms with van der Waals surface area (Å²) >= 11 is 0. The fourth-order valence-corrected chi connectivity index (χ4v) is 3.35. The number of nitrogens with zero attached hydrogens (tertiary/aromatic N) is 5. The van der Waals surface area contributed by atoms with E-state index in [4.69, 9.17) is 9.68 Å². The Balaban J connectivity index is 1.51. The standard InChI is InChI=1S/C19H16F3N5O/c20-19(21,22)15-9-14(4-3-13(15)10-23)26-5-7-27(8-6-26)18-16(11-24)25-17(28-18)12-1-2-12/h3-4,9,12H,1-2,5-8H2. The Morgan fingerprint density at radius 2 is 1.71 bits per heavy atom. The van der Waals surface area contributed by atoms with E-state index in [0.29, 0.717) is 49.6 Å². The van der Waals surface area contributed by atoms with Gasteiger partial charge in [-0.25, -0.2) is 4.98 Å². The Morgan fingerprint density at radius 3 is 2.29 bits per heavy atom. The molecule has 0 spiro atoms. The van der Waals surface area contributed by atoms with Gasteiger partial charge >= 0.3 is 6.18 Å². The molecule has 1 aromatic heterocycles. The first-order valence-corrected chi connectivity index (χ1v) is 8.92. The number of halogens is 3. The van der Waals surface area contributed by atoms with E-state index in [9.17, 15) is 18.4 Å². The third-order valence-electron chi connectivity index (χ3n) is 5.02. The van der Waals surface area contributed by atoms with E-state index in [1.807, 2.05) is 9.80 Å². The lowest BCUT2D eigenvalue weighted by molar-refractivity contribution is -0.137. The number of anilines is 2. The number of aromatic nitrogens is 1. The van der Waals surface area contributed by atoms with Crippen LogP contribution in [0.1, 0.15) is 41.5 Å². The largest absolute Gasteiger partial charge is 0.423 e. The van der Waals surface area contributed by atoms with Crippen molar-refractivity contribution in [2.45, 2.75) is 24.9 Å². The Morgan fingerprint density at radius 1 is 1.04 bits per heavy atom. The molecule has 144 valence electrons. The molecule has 6 nitrogen and oxygen atoms in total. The summed E-state index contributed by atoms with van der Waals surface area (Å²) in [7, 11) is 0. The van der Waals surface area contributed by atoms with Crippen molar-refractivity contribution in [2.24, 2.45) is 0 Å². The molecule has 0 radical (unpaired) electrons. The molecule has 1 aromatic carbocycles. The molecular formula is C19H16F3N5O. The van der Waals surface area contributed by atoms with Crippen LogP contribution in [0.4, 0.5) is 24.7 Å². The zero-order valence-corrected chi connectivity index (χ0v) is 14.8. The van der Waals surface area contributed by atoms with E-state index >= 15 is 0 Å². The lowest BCUT2D eigenvalue weighted by Gasteiger charge is -2.36. The second kappa shape index (κ2) is 6.75. The smallest absolute Gasteiger partial charge is 0.417 e. The molecule has 1 saturated carbocycles. The van der Waals surface area contributed by atoms with Gasteiger partial charge in [-0.15, -0.1) is 0 Å². The summed E-state index contributed by atoms with van der Waals surface area (Å²) in [4.78, 5) is 8.00. The molecule has 9 heteroatoms. The van der Waals surface area contributed by atoms with Crippen LogP contribution in [0.5, 0.6) is 0 Å². The van der Waals surface area contributed by atoms with Crippen molar-refractivity contribution in [3.05, 3.63) is 40.9 Å². The fraction of sp³-hybridized carbons (Fsp3) is 0.421. The van der Waals surface area contributed by atoms with Gasteiger partial charge in [0.15, 0.2) is 0 Å². The molecule has 1 aliphatic heterocycles. The molecule has 2 aliphatic rings. The van der Waals surface area contributed by atoms with Gasteiger partial charge in [-0.2, -0.15) is 23.7 Å². The Hall–Kier alpha value is -3.20. The summed E-state index contributed by atoms with van der Waals surface area (Å²) in [6, 6.07) is 7.41. The van der Waals surface area contributed by atoms with E-state index < -0.39 is 11.7 Å². The summed E-state index contributed by atoms with van der Waals surface area (Å²) in [6.07, 6.45) is -2.55. The first-order valence-electron chi connectivity index (χ1n) is 8.92. The van der Waals surface area contributed by atoms with Gasteiger partial charge in [0.1, 0.15) is 6.07 Å². The molecular weight excluding hydrogens is 371 g/mol. The average Bonchev–Trinajstić information content (AvgIpc) is 3.46. The van der Waals surface area contributed by atoms with E-state index in [0.717, 1.165) is 18.9 Å². The second-order valence-corrected chi connectivity index (χ2v) is 6.91. The summed E-state index contributed by atoms with van der Waals surface area (Å²) < 4.78 is 45.4. The number of hydrogen-bond donors (Lipinski definition) is 0. The van der Waals surface area contributed by atoms with Gasteiger partial charge in [-0.1, -0.05) is 0 Å². The summed E-state index contributed by atoms with van der Waals surface area (Å²) in [6.45, 7) is 1.92. The van der Waals surface area contributed by atoms with Crippen molar-refractivity contribution in [1.82, 2.24) is 4.98 Å². The van der Waals surface area contributed by atoms with Crippen molar-refractivity contribution in [1.29, 1.82) is 10.5 Å². The van der Waals surface area contributed by atoms with Gasteiger partial charge in [0, 0.05) is 37.8 Å². The topological polar surface area (TPSA) is 80.1 Å². The monoisotopic (exact) mass is 387 g/mol. The van der Waals surface area contributed by atoms with Gasteiger partial charge < -0.3 is 14.2 Å². The van der Waals surface area contributed by atoms with Crippen LogP contribution in [0.15, 0.2) is 22.6 Å². The van der Waals surface area contributed by atoms with Crippen molar-refractivity contribution >= 4 is 11.6 Å². The maximum atomic E-state index is 13.2. The molecule has 2 heterocycles. The molecule has 1 saturated heterocycles. The minimum Gasteiger partial charge on any atom is -0.423 e. The first-order chi connectivity index (χ1) is 13.4. The average molecular weight is 387 g/mol. The zero-order valence-electron chi connectivity index (χ0n) is 14.8. The molecule has 2 fully saturated rings. The van der Waals surface area contributed by atoms with E-state index in [1.54, 1.807) is 6.07 Å². The predicted molar refractivity (Wildman–Crippen MR) is 93.8 cm³/mol. The number of benzene rings is 1. The Labute approximate surface area is 159 Å². The molecule has 0 N–H and O–H groups in total. The van der Waals surface area contributed by atoms with Crippen LogP contribution in [-0.4, -0.2) is 31.2 Å². The van der Waals surface area contributed by atoms with E-state index in [-0.39, 0.29) is 11.3 Å². The second-order valence-electron chi connectivity index (χ2n) is 6.91. The van der Waals surface area contributed by atoms with Crippen LogP contribution in [0, 0.1) is 22.7 Å². The van der Waals surface area contributed by atoms with E-state index in [1.165, 1.54) is 12.1 Å². The highest BCUT2D eigenvalue weighted by molar-refractivity contribution is 5.57. The van der Waals surface area contributed by atoms with Crippen molar-refractivity contribution in [2.75, 3.05) is 36.0 Å². The highest BCUT2D eigenvalue weighted by Crippen LogP contribution is 2.41. The number of piperazine rings is 1. The summed E-state index contributed by atoms with van der Waals surface area (Å²) in [5.74, 6) is 1.33. The predicted octanol–water partition coefficient (Wildman–Crippen LogP) is 3.64. The molecule has 2 aromatic rings. The lowest BCUT2D eigenvalue weighted by atomic mass is 10.1. The van der Waals surface area contributed by atoms with Crippen molar-refractivity contribution < 1.29 is 17.6 Å². The van der Waals surface area contributed by atoms with Gasteiger partial charge in [-0.3, -0.25) is 0 Å². The molecule has 4 rings (SSSR count). The third kappa shape index (κ3) is 3.36. The van der Waals surface area contributed by atoms with Crippen molar-refractivity contribution in [3.8, 4) is 12.1 Å². The highest BCUT2D eigenvalue weighted by Gasteiger charge is 2.35. The maximum Gasteiger partial charge on any atom is 0.417 e. The third-order valence-corrected chi connectivity index (χ3v) is 5.02. The van der Waals surface area contributed by atoms with Crippen molar-refractivity contribution in [3.63, 3.8) is 0 Å². The molecule has 28 heavy (non-hydrogen) atoms. The van der Waals surface area contributed by atoms with Crippen LogP contribution >= 0.6 is 0 Å². The number of hydrogen-bond acceptors (Lipinski definition) is 6. The quantitative estimate of drug-likeness (QED) is 0.800. The van der Waals surface area contributed by atoms with Crippen LogP contribution in [-0.2, 0) is 6.18 Å². The summed E-state index contributed by atoms with van der Waals surface area (Å²) in [5, 5.41) is 18.2. The molecule has 0 atom stereocenters. The minimum absolute atomic E-state index is 0.257. The molecule has 0 amide bonds. The molecule has 0 bridgehead atoms. The van der Waals surface area contributed by atoms with Crippen LogP contribution in [0.25, 0.3) is 0 Å². The number of rotatable bonds is 3. The Bertz CT molecular complexity index is 973. The van der Waals surface area contributed by atoms with Gasteiger partial charge in [0.2, 0.25) is 17.5 Å². The first kappa shape index (κ1) is 18.2. The summed E-state index contributed by atoms with van der Waals surface area (Å²) in [5.41, 5.74) is -0.635. The fourth-order valence-electron chi connectivity index (χ4n) is 3.35. The van der Waals surface area contributed by atoms with E-state index in [2.05, 4.69) is 11.1 Å². The van der Waals surface area contributed by atoms with Gasteiger partial charge in [0.25, 0.3) is 0 Å². The zero-order chi connectivity index (χ0) is 19.9. The molecule has 0 unspecified atom stereocenters. The number of alkyl halides is 3. The van der Waals surface area contributed by atoms with Gasteiger partial charge in [0.05, 0.1) is 17.2 Å². The lowest BCUT2D eigenvalue weighted by Crippen LogP contribution is -2.46. The normalized spacial score (nSPS) is 17.3. The van der Waals surface area contributed by atoms with Crippen LogP contribution in [0.3, 0.4) is 0 Å². The maximum absolute atomic E-state index is 13.2.